The average molecular weight is 797 g/mol. The van der Waals surface area contributed by atoms with Crippen molar-refractivity contribution in [3.05, 3.63) is 210 Å². The number of benzene rings is 9. The molecule has 288 valence electrons. The second-order valence-corrected chi connectivity index (χ2v) is 18.0. The molecule has 2 aliphatic carbocycles. The molecule has 0 N–H and O–H groups in total. The predicted molar refractivity (Wildman–Crippen MR) is 261 cm³/mol. The minimum Gasteiger partial charge on any atom is -0.461 e. The second-order valence-electron chi connectivity index (χ2n) is 16.9. The number of hydrogen-bond donors (Lipinski definition) is 0. The van der Waals surface area contributed by atoms with Gasteiger partial charge in [0, 0.05) is 25.7 Å². The van der Waals surface area contributed by atoms with Gasteiger partial charge in [0.1, 0.15) is 11.5 Å². The van der Waals surface area contributed by atoms with Gasteiger partial charge in [0.15, 0.2) is 0 Å². The van der Waals surface area contributed by atoms with Crippen molar-refractivity contribution in [1.29, 1.82) is 0 Å². The van der Waals surface area contributed by atoms with E-state index in [4.69, 9.17) is 4.74 Å². The van der Waals surface area contributed by atoms with Gasteiger partial charge in [-0.15, -0.1) is 11.3 Å². The summed E-state index contributed by atoms with van der Waals surface area (Å²) in [6, 6.07) is 60.8. The van der Waals surface area contributed by atoms with Crippen molar-refractivity contribution in [3.8, 4) is 39.1 Å². The third-order valence-electron chi connectivity index (χ3n) is 13.8. The normalized spacial score (nSPS) is 16.7. The molecule has 2 atom stereocenters. The van der Waals surface area contributed by atoms with Crippen molar-refractivity contribution < 1.29 is 4.74 Å². The molecule has 0 fully saturated rings. The molecule has 1 aromatic heterocycles. The monoisotopic (exact) mass is 796 g/mol. The maximum absolute atomic E-state index is 6.90. The summed E-state index contributed by atoms with van der Waals surface area (Å²) in [5.74, 6) is 2.25. The van der Waals surface area contributed by atoms with Crippen LogP contribution in [0, 0.1) is 5.92 Å². The molecule has 0 saturated heterocycles. The van der Waals surface area contributed by atoms with Crippen LogP contribution >= 0.6 is 11.3 Å². The van der Waals surface area contributed by atoms with Crippen LogP contribution in [0.1, 0.15) is 41.5 Å². The van der Waals surface area contributed by atoms with E-state index >= 15 is 0 Å². The lowest BCUT2D eigenvalue weighted by Gasteiger charge is -2.30. The fraction of sp³-hybridized carbons (Fsp3) is 0.0847. The highest BCUT2D eigenvalue weighted by atomic mass is 32.1. The lowest BCUT2D eigenvalue weighted by Crippen LogP contribution is -2.16. The third-order valence-corrected chi connectivity index (χ3v) is 14.9. The molecule has 2 unspecified atom stereocenters. The van der Waals surface area contributed by atoms with Gasteiger partial charge in [-0.25, -0.2) is 0 Å². The zero-order chi connectivity index (χ0) is 40.2. The van der Waals surface area contributed by atoms with Gasteiger partial charge in [-0.3, -0.25) is 0 Å². The van der Waals surface area contributed by atoms with Gasteiger partial charge < -0.3 is 4.74 Å². The molecule has 61 heavy (non-hydrogen) atoms. The van der Waals surface area contributed by atoms with Crippen LogP contribution in [-0.4, -0.2) is 0 Å². The molecule has 2 heterocycles. The SMILES string of the molecule is CC1C(c2c3ccccc3c(-c3ccccc3)c3ccccc23)=CC=C2Oc3cccc(-c4c5c(c(-c6ccc7sc8ccccc8c7c6)c6ccccc46)C=CCC5)c3C21. The highest BCUT2D eigenvalue weighted by Gasteiger charge is 2.41. The Balaban J connectivity index is 1.01. The van der Waals surface area contributed by atoms with Gasteiger partial charge in [0.2, 0.25) is 0 Å². The van der Waals surface area contributed by atoms with Crippen LogP contribution in [0.5, 0.6) is 5.75 Å². The first-order valence-electron chi connectivity index (χ1n) is 21.6. The fourth-order valence-electron chi connectivity index (χ4n) is 11.2. The topological polar surface area (TPSA) is 9.23 Å². The van der Waals surface area contributed by atoms with Gasteiger partial charge in [-0.05, 0) is 137 Å². The molecule has 2 heteroatoms. The second kappa shape index (κ2) is 13.5. The van der Waals surface area contributed by atoms with Gasteiger partial charge in [-0.2, -0.15) is 0 Å². The zero-order valence-electron chi connectivity index (χ0n) is 33.8. The summed E-state index contributed by atoms with van der Waals surface area (Å²) in [5.41, 5.74) is 14.6. The van der Waals surface area contributed by atoms with Crippen LogP contribution in [0.2, 0.25) is 0 Å². The molecule has 0 amide bonds. The van der Waals surface area contributed by atoms with Crippen molar-refractivity contribution in [1.82, 2.24) is 0 Å². The van der Waals surface area contributed by atoms with Crippen molar-refractivity contribution in [2.75, 3.05) is 0 Å². The van der Waals surface area contributed by atoms with Crippen LogP contribution in [0.4, 0.5) is 0 Å². The van der Waals surface area contributed by atoms with Gasteiger partial charge in [0.05, 0.1) is 5.92 Å². The lowest BCUT2D eigenvalue weighted by atomic mass is 9.72. The summed E-state index contributed by atoms with van der Waals surface area (Å²) in [6.45, 7) is 2.43. The number of thiophene rings is 1. The maximum Gasteiger partial charge on any atom is 0.131 e. The number of ether oxygens (including phenoxy) is 1. The fourth-order valence-corrected chi connectivity index (χ4v) is 12.3. The van der Waals surface area contributed by atoms with E-state index < -0.39 is 0 Å². The van der Waals surface area contributed by atoms with Crippen LogP contribution in [-0.2, 0) is 6.42 Å². The third kappa shape index (κ3) is 5.13. The summed E-state index contributed by atoms with van der Waals surface area (Å²) in [7, 11) is 0. The molecular formula is C59H40OS. The number of fused-ring (bicyclic) bond motifs is 10. The van der Waals surface area contributed by atoms with Gasteiger partial charge in [-0.1, -0.05) is 165 Å². The van der Waals surface area contributed by atoms with E-state index in [1.165, 1.54) is 114 Å². The molecule has 0 bridgehead atoms. The molecule has 10 aromatic rings. The van der Waals surface area contributed by atoms with E-state index in [2.05, 4.69) is 195 Å². The molecule has 0 saturated carbocycles. The summed E-state index contributed by atoms with van der Waals surface area (Å²) in [4.78, 5) is 0. The minimum absolute atomic E-state index is 0.0695. The standard InChI is InChI=1S/C59H40OS/c1-35-38(57-44-23-9-5-19-40(44)55(36-16-3-2-4-17-36)41-20-6-10-24-45(41)57)31-32-51-54(35)59-48(27-15-28-50(59)60-51)58-46-25-11-7-21-42(46)56(43-22-8-12-26-47(43)58)37-30-33-53-49(34-37)39-18-13-14-29-52(39)61-53/h2-11,13-25,27-35,54H,12,26H2,1H3. The Hall–Kier alpha value is -7.00. The lowest BCUT2D eigenvalue weighted by molar-refractivity contribution is 0.407. The number of allylic oxidation sites excluding steroid dienone is 5. The molecule has 13 rings (SSSR count). The van der Waals surface area contributed by atoms with Crippen molar-refractivity contribution >= 4 is 75.5 Å². The predicted octanol–water partition coefficient (Wildman–Crippen LogP) is 16.6. The van der Waals surface area contributed by atoms with E-state index in [1.807, 2.05) is 11.3 Å². The van der Waals surface area contributed by atoms with Crippen LogP contribution in [0.3, 0.4) is 0 Å². The van der Waals surface area contributed by atoms with Gasteiger partial charge >= 0.3 is 0 Å². The average Bonchev–Trinajstić information content (AvgIpc) is 3.89. The van der Waals surface area contributed by atoms with E-state index in [0.717, 1.165) is 24.4 Å². The quantitative estimate of drug-likeness (QED) is 0.161. The van der Waals surface area contributed by atoms with E-state index in [-0.39, 0.29) is 11.8 Å². The molecular weight excluding hydrogens is 757 g/mol. The van der Waals surface area contributed by atoms with Crippen LogP contribution in [0.25, 0.3) is 97.5 Å². The molecule has 1 nitrogen and oxygen atoms in total. The summed E-state index contributed by atoms with van der Waals surface area (Å²) < 4.78 is 9.57. The molecule has 0 radical (unpaired) electrons. The smallest absolute Gasteiger partial charge is 0.131 e. The Bertz CT molecular complexity index is 3520. The first-order chi connectivity index (χ1) is 30.2. The van der Waals surface area contributed by atoms with Crippen LogP contribution < -0.4 is 4.74 Å². The summed E-state index contributed by atoms with van der Waals surface area (Å²) in [6.07, 6.45) is 11.4. The summed E-state index contributed by atoms with van der Waals surface area (Å²) >= 11 is 1.88. The Morgan fingerprint density at radius 2 is 1.13 bits per heavy atom. The van der Waals surface area contributed by atoms with E-state index in [9.17, 15) is 0 Å². The Labute approximate surface area is 359 Å². The van der Waals surface area contributed by atoms with Crippen molar-refractivity contribution in [2.24, 2.45) is 5.92 Å². The zero-order valence-corrected chi connectivity index (χ0v) is 34.6. The highest BCUT2D eigenvalue weighted by molar-refractivity contribution is 7.25. The highest BCUT2D eigenvalue weighted by Crippen LogP contribution is 2.57. The first kappa shape index (κ1) is 34.8. The Morgan fingerprint density at radius 1 is 0.508 bits per heavy atom. The largest absolute Gasteiger partial charge is 0.461 e. The molecule has 9 aromatic carbocycles. The summed E-state index contributed by atoms with van der Waals surface area (Å²) in [5, 5.41) is 10.4. The van der Waals surface area contributed by atoms with Gasteiger partial charge in [0.25, 0.3) is 0 Å². The molecule has 1 aliphatic heterocycles. The van der Waals surface area contributed by atoms with E-state index in [1.54, 1.807) is 0 Å². The van der Waals surface area contributed by atoms with Crippen LogP contribution in [0.15, 0.2) is 188 Å². The Kier molecular flexibility index (Phi) is 7.71. The Morgan fingerprint density at radius 3 is 1.87 bits per heavy atom. The van der Waals surface area contributed by atoms with Crippen molar-refractivity contribution in [2.45, 2.75) is 25.7 Å². The molecule has 3 aliphatic rings. The maximum atomic E-state index is 6.90. The number of rotatable bonds is 4. The van der Waals surface area contributed by atoms with Crippen molar-refractivity contribution in [3.63, 3.8) is 0 Å². The van der Waals surface area contributed by atoms with E-state index in [0.29, 0.717) is 0 Å². The minimum atomic E-state index is 0.0695. The first-order valence-corrected chi connectivity index (χ1v) is 22.4. The number of hydrogen-bond acceptors (Lipinski definition) is 2. The molecule has 0 spiro atoms.